The Morgan fingerprint density at radius 1 is 1.15 bits per heavy atom. The molecule has 1 saturated carbocycles. The monoisotopic (exact) mass is 571 g/mol. The van der Waals surface area contributed by atoms with E-state index < -0.39 is 5.97 Å². The lowest BCUT2D eigenvalue weighted by atomic mass is 10.1. The Balaban J connectivity index is 1.45. The van der Waals surface area contributed by atoms with E-state index in [1.54, 1.807) is 21.0 Å². The van der Waals surface area contributed by atoms with Gasteiger partial charge in [-0.2, -0.15) is 0 Å². The summed E-state index contributed by atoms with van der Waals surface area (Å²) in [5.41, 5.74) is 1.57. The number of esters is 1. The van der Waals surface area contributed by atoms with Crippen molar-refractivity contribution in [1.29, 1.82) is 0 Å². The first kappa shape index (κ1) is 28.6. The van der Waals surface area contributed by atoms with Crippen LogP contribution in [-0.4, -0.2) is 70.5 Å². The van der Waals surface area contributed by atoms with Gasteiger partial charge >= 0.3 is 5.97 Å². The smallest absolute Gasteiger partial charge is 0.341 e. The van der Waals surface area contributed by atoms with Gasteiger partial charge in [0.2, 0.25) is 5.91 Å². The maximum absolute atomic E-state index is 12.9. The van der Waals surface area contributed by atoms with Crippen molar-refractivity contribution in [2.45, 2.75) is 57.3 Å². The van der Waals surface area contributed by atoms with Gasteiger partial charge in [0.25, 0.3) is 5.91 Å². The van der Waals surface area contributed by atoms with Crippen LogP contribution in [0.3, 0.4) is 0 Å². The molecule has 12 heteroatoms. The van der Waals surface area contributed by atoms with Crippen molar-refractivity contribution in [2.24, 2.45) is 0 Å². The van der Waals surface area contributed by atoms with E-state index in [1.165, 1.54) is 36.6 Å². The summed E-state index contributed by atoms with van der Waals surface area (Å²) in [7, 11) is 4.52. The van der Waals surface area contributed by atoms with E-state index in [1.807, 2.05) is 35.8 Å². The quantitative estimate of drug-likeness (QED) is 0.271. The number of carbonyl (C=O) groups is 3. The van der Waals surface area contributed by atoms with Gasteiger partial charge in [0.05, 0.1) is 29.4 Å². The number of thioether (sulfide) groups is 1. The zero-order valence-corrected chi connectivity index (χ0v) is 24.4. The third-order valence-electron chi connectivity index (χ3n) is 6.47. The van der Waals surface area contributed by atoms with Gasteiger partial charge in [0, 0.05) is 26.2 Å². The van der Waals surface area contributed by atoms with Crippen LogP contribution < -0.4 is 10.1 Å². The normalized spacial score (nSPS) is 13.4. The van der Waals surface area contributed by atoms with Crippen LogP contribution in [0.25, 0.3) is 11.4 Å². The number of amides is 2. The first-order chi connectivity index (χ1) is 18.7. The number of methoxy groups -OCH3 is 1. The third-order valence-corrected chi connectivity index (χ3v) is 8.63. The molecule has 3 aromatic rings. The number of anilines is 1. The van der Waals surface area contributed by atoms with Crippen LogP contribution in [0.4, 0.5) is 5.00 Å². The van der Waals surface area contributed by atoms with Gasteiger partial charge in [-0.1, -0.05) is 11.8 Å². The van der Waals surface area contributed by atoms with E-state index in [9.17, 15) is 14.4 Å². The number of nitrogens with zero attached hydrogens (tertiary/aromatic N) is 4. The van der Waals surface area contributed by atoms with Crippen molar-refractivity contribution >= 4 is 45.9 Å². The zero-order valence-electron chi connectivity index (χ0n) is 22.8. The largest absolute Gasteiger partial charge is 0.490 e. The minimum absolute atomic E-state index is 0.0425. The molecule has 2 heterocycles. The number of ether oxygens (including phenoxy) is 2. The summed E-state index contributed by atoms with van der Waals surface area (Å²) in [4.78, 5) is 39.7. The maximum Gasteiger partial charge on any atom is 0.341 e. The van der Waals surface area contributed by atoms with Gasteiger partial charge < -0.3 is 24.3 Å². The fraction of sp³-hybridized carbons (Fsp3) is 0.444. The van der Waals surface area contributed by atoms with E-state index in [0.717, 1.165) is 35.5 Å². The molecule has 0 radical (unpaired) electrons. The van der Waals surface area contributed by atoms with E-state index in [2.05, 4.69) is 15.5 Å². The average molecular weight is 572 g/mol. The third kappa shape index (κ3) is 6.44. The lowest BCUT2D eigenvalue weighted by molar-refractivity contribution is -0.113. The number of rotatable bonds is 10. The highest BCUT2D eigenvalue weighted by molar-refractivity contribution is 7.99. The fourth-order valence-corrected chi connectivity index (χ4v) is 6.46. The minimum atomic E-state index is -0.612. The highest BCUT2D eigenvalue weighted by atomic mass is 32.2. The standard InChI is InChI=1S/C27H33N5O5S2/c1-6-32-23(17-11-13-19(14-12-17)37-18-9-7-8-10-18)29-30-27(32)38-15-20(33)28-24-21(26(35)36-5)16(2)22(39-24)25(34)31(3)4/h11-14,18H,6-10,15H2,1-5H3,(H,28,33). The van der Waals surface area contributed by atoms with Crippen LogP contribution in [-0.2, 0) is 16.1 Å². The summed E-state index contributed by atoms with van der Waals surface area (Å²) in [6, 6.07) is 7.86. The maximum atomic E-state index is 12.9. The highest BCUT2D eigenvalue weighted by Crippen LogP contribution is 2.35. The molecule has 0 aliphatic heterocycles. The van der Waals surface area contributed by atoms with Crippen LogP contribution in [0.2, 0.25) is 0 Å². The van der Waals surface area contributed by atoms with Gasteiger partial charge in [-0.15, -0.1) is 21.5 Å². The number of carbonyl (C=O) groups excluding carboxylic acids is 3. The molecule has 1 fully saturated rings. The van der Waals surface area contributed by atoms with Crippen LogP contribution in [0, 0.1) is 6.92 Å². The summed E-state index contributed by atoms with van der Waals surface area (Å²) in [6.45, 7) is 4.29. The molecule has 39 heavy (non-hydrogen) atoms. The first-order valence-corrected chi connectivity index (χ1v) is 14.6. The van der Waals surface area contributed by atoms with E-state index in [4.69, 9.17) is 9.47 Å². The van der Waals surface area contributed by atoms with Crippen molar-refractivity contribution in [2.75, 3.05) is 32.3 Å². The van der Waals surface area contributed by atoms with Crippen molar-refractivity contribution in [3.63, 3.8) is 0 Å². The zero-order chi connectivity index (χ0) is 28.1. The molecule has 0 atom stereocenters. The molecule has 0 unspecified atom stereocenters. The molecule has 1 aliphatic carbocycles. The van der Waals surface area contributed by atoms with Gasteiger partial charge in [-0.25, -0.2) is 4.79 Å². The predicted octanol–water partition coefficient (Wildman–Crippen LogP) is 4.88. The molecule has 10 nitrogen and oxygen atoms in total. The second-order valence-electron chi connectivity index (χ2n) is 9.39. The number of benzene rings is 1. The molecule has 2 amide bonds. The van der Waals surface area contributed by atoms with Crippen molar-refractivity contribution < 1.29 is 23.9 Å². The van der Waals surface area contributed by atoms with Crippen LogP contribution in [0.5, 0.6) is 5.75 Å². The highest BCUT2D eigenvalue weighted by Gasteiger charge is 2.27. The molecule has 0 saturated heterocycles. The Hall–Kier alpha value is -3.38. The Labute approximate surface area is 236 Å². The molecule has 1 aromatic carbocycles. The number of hydrogen-bond donors (Lipinski definition) is 1. The topological polar surface area (TPSA) is 116 Å². The summed E-state index contributed by atoms with van der Waals surface area (Å²) in [6.07, 6.45) is 4.94. The molecule has 208 valence electrons. The van der Waals surface area contributed by atoms with Crippen LogP contribution >= 0.6 is 23.1 Å². The molecule has 1 N–H and O–H groups in total. The summed E-state index contributed by atoms with van der Waals surface area (Å²) in [5, 5.41) is 12.3. The molecule has 0 spiro atoms. The molecule has 2 aromatic heterocycles. The molecular formula is C27H33N5O5S2. The number of aromatic nitrogens is 3. The molecule has 0 bridgehead atoms. The van der Waals surface area contributed by atoms with Crippen molar-refractivity contribution in [1.82, 2.24) is 19.7 Å². The SMILES string of the molecule is CCn1c(SCC(=O)Nc2sc(C(=O)N(C)C)c(C)c2C(=O)OC)nnc1-c1ccc(OC2CCCC2)cc1. The van der Waals surface area contributed by atoms with Gasteiger partial charge in [-0.05, 0) is 69.4 Å². The van der Waals surface area contributed by atoms with Gasteiger partial charge in [0.15, 0.2) is 11.0 Å². The van der Waals surface area contributed by atoms with Gasteiger partial charge in [0.1, 0.15) is 10.8 Å². The fourth-order valence-electron chi connectivity index (χ4n) is 4.42. The molecule has 1 aliphatic rings. The Morgan fingerprint density at radius 3 is 2.46 bits per heavy atom. The lowest BCUT2D eigenvalue weighted by Crippen LogP contribution is -2.21. The van der Waals surface area contributed by atoms with E-state index >= 15 is 0 Å². The second kappa shape index (κ2) is 12.6. The Kier molecular flexibility index (Phi) is 9.28. The van der Waals surface area contributed by atoms with Gasteiger partial charge in [-0.3, -0.25) is 9.59 Å². The number of thiophene rings is 1. The van der Waals surface area contributed by atoms with E-state index in [0.29, 0.717) is 34.1 Å². The van der Waals surface area contributed by atoms with Crippen molar-refractivity contribution in [3.05, 3.63) is 40.3 Å². The summed E-state index contributed by atoms with van der Waals surface area (Å²) >= 11 is 2.31. The lowest BCUT2D eigenvalue weighted by Gasteiger charge is -2.13. The van der Waals surface area contributed by atoms with Crippen molar-refractivity contribution in [3.8, 4) is 17.1 Å². The number of hydrogen-bond acceptors (Lipinski definition) is 9. The Morgan fingerprint density at radius 2 is 1.85 bits per heavy atom. The van der Waals surface area contributed by atoms with Crippen LogP contribution in [0.1, 0.15) is 58.2 Å². The average Bonchev–Trinajstić information content (AvgIpc) is 3.66. The summed E-state index contributed by atoms with van der Waals surface area (Å²) in [5.74, 6) is 0.405. The van der Waals surface area contributed by atoms with Crippen LogP contribution in [0.15, 0.2) is 29.4 Å². The second-order valence-corrected chi connectivity index (χ2v) is 11.4. The molecule has 4 rings (SSSR count). The molecular weight excluding hydrogens is 538 g/mol. The number of nitrogens with one attached hydrogen (secondary N) is 1. The summed E-state index contributed by atoms with van der Waals surface area (Å²) < 4.78 is 12.9. The predicted molar refractivity (Wildman–Crippen MR) is 152 cm³/mol. The van der Waals surface area contributed by atoms with E-state index in [-0.39, 0.29) is 28.1 Å². The first-order valence-electron chi connectivity index (χ1n) is 12.8. The Bertz CT molecular complexity index is 1340. The minimum Gasteiger partial charge on any atom is -0.490 e.